The quantitative estimate of drug-likeness (QED) is 0.877. The lowest BCUT2D eigenvalue weighted by molar-refractivity contribution is 0.389. The van der Waals surface area contributed by atoms with Crippen molar-refractivity contribution in [2.24, 2.45) is 0 Å². The van der Waals surface area contributed by atoms with Crippen LogP contribution in [0.4, 0.5) is 0 Å². The van der Waals surface area contributed by atoms with Crippen LogP contribution in [0.1, 0.15) is 29.8 Å². The van der Waals surface area contributed by atoms with Gasteiger partial charge < -0.3 is 10.1 Å². The second-order valence-electron chi connectivity index (χ2n) is 4.80. The molecular weight excluding hydrogens is 250 g/mol. The summed E-state index contributed by atoms with van der Waals surface area (Å²) in [6.45, 7) is 5.10. The average Bonchev–Trinajstić information content (AvgIpc) is 2.47. The number of aryl methyl sites for hydroxylation is 1. The number of ether oxygens (including phenoxy) is 1. The van der Waals surface area contributed by atoms with E-state index in [-0.39, 0.29) is 6.04 Å². The third-order valence-electron chi connectivity index (χ3n) is 3.20. The summed E-state index contributed by atoms with van der Waals surface area (Å²) >= 11 is 0. The van der Waals surface area contributed by atoms with Crippen LogP contribution in [0.3, 0.4) is 0 Å². The maximum absolute atomic E-state index is 5.05. The Labute approximate surface area is 120 Å². The first-order valence-corrected chi connectivity index (χ1v) is 6.89. The van der Waals surface area contributed by atoms with Crippen LogP contribution in [0, 0.1) is 6.92 Å². The molecule has 1 aromatic carbocycles. The molecule has 0 spiro atoms. The molecule has 1 unspecified atom stereocenters. The van der Waals surface area contributed by atoms with E-state index in [1.54, 1.807) is 7.11 Å². The second kappa shape index (κ2) is 7.01. The van der Waals surface area contributed by atoms with Crippen LogP contribution in [-0.4, -0.2) is 23.9 Å². The van der Waals surface area contributed by atoms with Crippen molar-refractivity contribution in [3.8, 4) is 5.88 Å². The summed E-state index contributed by atoms with van der Waals surface area (Å²) < 4.78 is 5.05. The van der Waals surface area contributed by atoms with Crippen molar-refractivity contribution in [3.05, 3.63) is 53.2 Å². The van der Waals surface area contributed by atoms with Crippen LogP contribution in [-0.2, 0) is 6.42 Å². The van der Waals surface area contributed by atoms with Crippen LogP contribution < -0.4 is 10.1 Å². The monoisotopic (exact) mass is 271 g/mol. The fraction of sp³-hybridized carbons (Fsp3) is 0.375. The first-order valence-electron chi connectivity index (χ1n) is 6.89. The van der Waals surface area contributed by atoms with Crippen molar-refractivity contribution in [2.75, 3.05) is 13.7 Å². The van der Waals surface area contributed by atoms with Crippen molar-refractivity contribution in [3.63, 3.8) is 0 Å². The van der Waals surface area contributed by atoms with Gasteiger partial charge in [-0.2, -0.15) is 5.10 Å². The molecule has 1 N–H and O–H groups in total. The molecule has 2 rings (SSSR count). The van der Waals surface area contributed by atoms with Crippen LogP contribution >= 0.6 is 0 Å². The molecule has 0 amide bonds. The summed E-state index contributed by atoms with van der Waals surface area (Å²) in [5.41, 5.74) is 3.52. The van der Waals surface area contributed by atoms with Crippen LogP contribution in [0.15, 0.2) is 36.4 Å². The van der Waals surface area contributed by atoms with Crippen molar-refractivity contribution >= 4 is 0 Å². The molecular formula is C16H21N3O. The molecule has 0 bridgehead atoms. The van der Waals surface area contributed by atoms with Gasteiger partial charge in [0.1, 0.15) is 0 Å². The summed E-state index contributed by atoms with van der Waals surface area (Å²) in [7, 11) is 1.60. The fourth-order valence-electron chi connectivity index (χ4n) is 2.23. The summed E-state index contributed by atoms with van der Waals surface area (Å²) in [5.74, 6) is 0.541. The summed E-state index contributed by atoms with van der Waals surface area (Å²) in [5, 5.41) is 11.8. The zero-order valence-corrected chi connectivity index (χ0v) is 12.3. The van der Waals surface area contributed by atoms with E-state index in [4.69, 9.17) is 4.74 Å². The largest absolute Gasteiger partial charge is 0.480 e. The lowest BCUT2D eigenvalue weighted by Gasteiger charge is -2.17. The number of benzene rings is 1. The van der Waals surface area contributed by atoms with Gasteiger partial charge in [-0.3, -0.25) is 0 Å². The first-order chi connectivity index (χ1) is 9.72. The minimum Gasteiger partial charge on any atom is -0.480 e. The lowest BCUT2D eigenvalue weighted by atomic mass is 10.0. The Kier molecular flexibility index (Phi) is 5.07. The fourth-order valence-corrected chi connectivity index (χ4v) is 2.23. The van der Waals surface area contributed by atoms with Crippen LogP contribution in [0.25, 0.3) is 0 Å². The zero-order valence-electron chi connectivity index (χ0n) is 12.3. The van der Waals surface area contributed by atoms with E-state index >= 15 is 0 Å². The molecule has 0 fully saturated rings. The van der Waals surface area contributed by atoms with Crippen LogP contribution in [0.5, 0.6) is 5.88 Å². The third kappa shape index (κ3) is 3.78. The molecule has 0 aliphatic heterocycles. The number of nitrogens with one attached hydrogen (secondary N) is 1. The smallest absolute Gasteiger partial charge is 0.233 e. The first kappa shape index (κ1) is 14.5. The minimum absolute atomic E-state index is 0.167. The summed E-state index contributed by atoms with van der Waals surface area (Å²) in [6.07, 6.45) is 0.899. The van der Waals surface area contributed by atoms with Gasteiger partial charge in [0.25, 0.3) is 0 Å². The summed E-state index contributed by atoms with van der Waals surface area (Å²) in [4.78, 5) is 0. The highest BCUT2D eigenvalue weighted by Gasteiger charge is 2.13. The Morgan fingerprint density at radius 1 is 1.20 bits per heavy atom. The number of methoxy groups -OCH3 is 1. The van der Waals surface area contributed by atoms with Crippen molar-refractivity contribution < 1.29 is 4.74 Å². The molecule has 0 saturated carbocycles. The van der Waals surface area contributed by atoms with Gasteiger partial charge in [-0.1, -0.05) is 36.8 Å². The number of hydrogen-bond acceptors (Lipinski definition) is 4. The van der Waals surface area contributed by atoms with E-state index in [2.05, 4.69) is 53.6 Å². The predicted molar refractivity (Wildman–Crippen MR) is 79.9 cm³/mol. The maximum Gasteiger partial charge on any atom is 0.233 e. The van der Waals surface area contributed by atoms with E-state index in [0.29, 0.717) is 5.88 Å². The SMILES string of the molecule is CCNC(Cc1cccc(C)c1)c1ccc(OC)nn1. The Bertz CT molecular complexity index is 540. The highest BCUT2D eigenvalue weighted by molar-refractivity contribution is 5.25. The number of aromatic nitrogens is 2. The highest BCUT2D eigenvalue weighted by atomic mass is 16.5. The molecule has 2 aromatic rings. The Balaban J connectivity index is 2.17. The minimum atomic E-state index is 0.167. The van der Waals surface area contributed by atoms with Gasteiger partial charge in [0.05, 0.1) is 18.8 Å². The van der Waals surface area contributed by atoms with E-state index in [9.17, 15) is 0 Å². The van der Waals surface area contributed by atoms with Crippen molar-refractivity contribution in [1.82, 2.24) is 15.5 Å². The molecule has 0 radical (unpaired) electrons. The normalized spacial score (nSPS) is 12.2. The van der Waals surface area contributed by atoms with Gasteiger partial charge >= 0.3 is 0 Å². The van der Waals surface area contributed by atoms with Gasteiger partial charge in [0.15, 0.2) is 0 Å². The van der Waals surface area contributed by atoms with Crippen molar-refractivity contribution in [1.29, 1.82) is 0 Å². The number of rotatable bonds is 6. The molecule has 106 valence electrons. The second-order valence-corrected chi connectivity index (χ2v) is 4.80. The topological polar surface area (TPSA) is 47.0 Å². The standard InChI is InChI=1S/C16H21N3O/c1-4-17-15(11-13-7-5-6-12(2)10-13)14-8-9-16(20-3)19-18-14/h5-10,15,17H,4,11H2,1-3H3. The van der Waals surface area contributed by atoms with Gasteiger partial charge in [0.2, 0.25) is 5.88 Å². The van der Waals surface area contributed by atoms with E-state index < -0.39 is 0 Å². The highest BCUT2D eigenvalue weighted by Crippen LogP contribution is 2.18. The molecule has 0 aliphatic rings. The van der Waals surface area contributed by atoms with Crippen molar-refractivity contribution in [2.45, 2.75) is 26.3 Å². The molecule has 0 aliphatic carbocycles. The average molecular weight is 271 g/mol. The molecule has 4 heteroatoms. The Hall–Kier alpha value is -1.94. The van der Waals surface area contributed by atoms with Gasteiger partial charge in [0, 0.05) is 6.07 Å². The molecule has 1 atom stereocenters. The maximum atomic E-state index is 5.05. The van der Waals surface area contributed by atoms with E-state index in [1.165, 1.54) is 11.1 Å². The Morgan fingerprint density at radius 3 is 2.65 bits per heavy atom. The van der Waals surface area contributed by atoms with Gasteiger partial charge in [-0.05, 0) is 31.5 Å². The number of nitrogens with zero attached hydrogens (tertiary/aromatic N) is 2. The van der Waals surface area contributed by atoms with E-state index in [0.717, 1.165) is 18.7 Å². The van der Waals surface area contributed by atoms with E-state index in [1.807, 2.05) is 12.1 Å². The molecule has 1 heterocycles. The predicted octanol–water partition coefficient (Wildman–Crippen LogP) is 2.69. The van der Waals surface area contributed by atoms with Gasteiger partial charge in [-0.15, -0.1) is 5.10 Å². The molecule has 4 nitrogen and oxygen atoms in total. The Morgan fingerprint density at radius 2 is 2.05 bits per heavy atom. The number of hydrogen-bond donors (Lipinski definition) is 1. The molecule has 20 heavy (non-hydrogen) atoms. The third-order valence-corrected chi connectivity index (χ3v) is 3.20. The zero-order chi connectivity index (χ0) is 14.4. The summed E-state index contributed by atoms with van der Waals surface area (Å²) in [6, 6.07) is 12.5. The van der Waals surface area contributed by atoms with Gasteiger partial charge in [-0.25, -0.2) is 0 Å². The molecule has 1 aromatic heterocycles. The molecule has 0 saturated heterocycles. The number of likely N-dealkylation sites (N-methyl/N-ethyl adjacent to an activating group) is 1. The van der Waals surface area contributed by atoms with Crippen LogP contribution in [0.2, 0.25) is 0 Å². The lowest BCUT2D eigenvalue weighted by Crippen LogP contribution is -2.24.